The Labute approximate surface area is 174 Å². The van der Waals surface area contributed by atoms with E-state index in [1.165, 1.54) is 11.3 Å². The molecule has 1 N–H and O–H groups in total. The quantitative estimate of drug-likeness (QED) is 0.663. The van der Waals surface area contributed by atoms with Crippen molar-refractivity contribution >= 4 is 39.0 Å². The fourth-order valence-corrected chi connectivity index (χ4v) is 4.59. The van der Waals surface area contributed by atoms with E-state index < -0.39 is 0 Å². The number of nitrogens with one attached hydrogen (secondary N) is 1. The van der Waals surface area contributed by atoms with Crippen molar-refractivity contribution in [3.63, 3.8) is 0 Å². The number of anilines is 2. The molecule has 0 radical (unpaired) electrons. The van der Waals surface area contributed by atoms with Gasteiger partial charge in [0.2, 0.25) is 11.0 Å². The van der Waals surface area contributed by atoms with Crippen molar-refractivity contribution in [1.29, 1.82) is 0 Å². The number of hydrogen-bond acceptors (Lipinski definition) is 7. The number of benzene rings is 1. The van der Waals surface area contributed by atoms with Crippen molar-refractivity contribution in [3.05, 3.63) is 35.5 Å². The van der Waals surface area contributed by atoms with Gasteiger partial charge in [0.1, 0.15) is 10.8 Å². The number of nitrogens with zero attached hydrogens (tertiary/aromatic N) is 4. The lowest BCUT2D eigenvalue weighted by molar-refractivity contribution is -0.120. The molecule has 3 aromatic rings. The molecule has 0 spiro atoms. The summed E-state index contributed by atoms with van der Waals surface area (Å²) in [5.74, 6) is 0.734. The number of ether oxygens (including phenoxy) is 1. The number of carbonyl (C=O) groups excluding carboxylic acids is 1. The molecule has 4 rings (SSSR count). The topological polar surface area (TPSA) is 80.2 Å². The van der Waals surface area contributed by atoms with Crippen LogP contribution in [0.25, 0.3) is 10.9 Å². The van der Waals surface area contributed by atoms with Crippen LogP contribution in [0.5, 0.6) is 5.75 Å². The zero-order valence-corrected chi connectivity index (χ0v) is 17.5. The maximum atomic E-state index is 12.8. The van der Waals surface area contributed by atoms with Crippen LogP contribution in [0.4, 0.5) is 10.8 Å². The molecular formula is C21H25N5O2S. The van der Waals surface area contributed by atoms with E-state index in [1.807, 2.05) is 30.5 Å². The molecule has 152 valence electrons. The minimum absolute atomic E-state index is 0.0184. The summed E-state index contributed by atoms with van der Waals surface area (Å²) in [5, 5.41) is 13.8. The summed E-state index contributed by atoms with van der Waals surface area (Å²) in [4.78, 5) is 19.6. The van der Waals surface area contributed by atoms with Gasteiger partial charge in [0, 0.05) is 36.8 Å². The number of amides is 1. The minimum Gasteiger partial charge on any atom is -0.497 e. The number of piperidine rings is 1. The summed E-state index contributed by atoms with van der Waals surface area (Å²) in [5.41, 5.74) is 2.01. The summed E-state index contributed by atoms with van der Waals surface area (Å²) < 4.78 is 5.39. The Bertz CT molecular complexity index is 1010. The number of carbonyl (C=O) groups is 1. The molecule has 1 unspecified atom stereocenters. The maximum Gasteiger partial charge on any atom is 0.231 e. The Hall–Kier alpha value is -2.74. The Morgan fingerprint density at radius 2 is 2.24 bits per heavy atom. The molecule has 1 aliphatic rings. The number of aryl methyl sites for hydroxylation is 1. The first kappa shape index (κ1) is 19.6. The Kier molecular flexibility index (Phi) is 5.89. The molecule has 8 heteroatoms. The maximum absolute atomic E-state index is 12.8. The third kappa shape index (κ3) is 4.32. The molecule has 1 atom stereocenters. The molecule has 3 heterocycles. The molecule has 7 nitrogen and oxygen atoms in total. The van der Waals surface area contributed by atoms with Gasteiger partial charge < -0.3 is 15.0 Å². The van der Waals surface area contributed by atoms with Crippen molar-refractivity contribution in [1.82, 2.24) is 15.2 Å². The molecule has 29 heavy (non-hydrogen) atoms. The normalized spacial score (nSPS) is 16.8. The number of aromatic nitrogens is 3. The van der Waals surface area contributed by atoms with E-state index in [1.54, 1.807) is 7.11 Å². The van der Waals surface area contributed by atoms with E-state index in [-0.39, 0.29) is 11.8 Å². The van der Waals surface area contributed by atoms with Crippen LogP contribution < -0.4 is 15.0 Å². The van der Waals surface area contributed by atoms with Crippen molar-refractivity contribution in [2.24, 2.45) is 5.92 Å². The van der Waals surface area contributed by atoms with Gasteiger partial charge in [0.15, 0.2) is 0 Å². The lowest BCUT2D eigenvalue weighted by atomic mass is 9.96. The molecular weight excluding hydrogens is 386 g/mol. The van der Waals surface area contributed by atoms with Crippen LogP contribution in [0.15, 0.2) is 30.5 Å². The van der Waals surface area contributed by atoms with E-state index in [0.29, 0.717) is 11.7 Å². The van der Waals surface area contributed by atoms with Gasteiger partial charge in [-0.3, -0.25) is 9.78 Å². The molecule has 0 saturated carbocycles. The summed E-state index contributed by atoms with van der Waals surface area (Å²) in [6.45, 7) is 3.69. The van der Waals surface area contributed by atoms with E-state index in [9.17, 15) is 4.79 Å². The number of hydrogen-bond donors (Lipinski definition) is 1. The first-order chi connectivity index (χ1) is 14.2. The van der Waals surface area contributed by atoms with Crippen molar-refractivity contribution < 1.29 is 9.53 Å². The third-order valence-electron chi connectivity index (χ3n) is 5.22. The average Bonchev–Trinajstić information content (AvgIpc) is 3.20. The highest BCUT2D eigenvalue weighted by Crippen LogP contribution is 2.32. The molecule has 1 fully saturated rings. The van der Waals surface area contributed by atoms with E-state index in [0.717, 1.165) is 59.6 Å². The predicted molar refractivity (Wildman–Crippen MR) is 116 cm³/mol. The van der Waals surface area contributed by atoms with Gasteiger partial charge in [-0.25, -0.2) is 0 Å². The second-order valence-corrected chi connectivity index (χ2v) is 8.30. The highest BCUT2D eigenvalue weighted by molar-refractivity contribution is 7.15. The zero-order valence-electron chi connectivity index (χ0n) is 16.7. The lowest BCUT2D eigenvalue weighted by Gasteiger charge is -2.34. The fourth-order valence-electron chi connectivity index (χ4n) is 3.75. The zero-order chi connectivity index (χ0) is 20.2. The van der Waals surface area contributed by atoms with E-state index in [4.69, 9.17) is 4.74 Å². The second-order valence-electron chi connectivity index (χ2n) is 7.24. The van der Waals surface area contributed by atoms with Gasteiger partial charge in [-0.05, 0) is 43.5 Å². The van der Waals surface area contributed by atoms with Gasteiger partial charge >= 0.3 is 0 Å². The number of pyridine rings is 1. The van der Waals surface area contributed by atoms with E-state index >= 15 is 0 Å². The summed E-state index contributed by atoms with van der Waals surface area (Å²) in [7, 11) is 1.66. The Morgan fingerprint density at radius 3 is 3.07 bits per heavy atom. The monoisotopic (exact) mass is 411 g/mol. The van der Waals surface area contributed by atoms with Gasteiger partial charge in [-0.2, -0.15) is 0 Å². The molecule has 1 saturated heterocycles. The van der Waals surface area contributed by atoms with Crippen molar-refractivity contribution in [2.75, 3.05) is 30.4 Å². The number of rotatable bonds is 6. The van der Waals surface area contributed by atoms with Crippen LogP contribution in [-0.4, -0.2) is 41.3 Å². The van der Waals surface area contributed by atoms with Crippen molar-refractivity contribution in [2.45, 2.75) is 32.6 Å². The molecule has 2 aromatic heterocycles. The van der Waals surface area contributed by atoms with Crippen LogP contribution in [-0.2, 0) is 11.2 Å². The lowest BCUT2D eigenvalue weighted by Crippen LogP contribution is -2.40. The van der Waals surface area contributed by atoms with Gasteiger partial charge in [-0.15, -0.1) is 10.2 Å². The first-order valence-electron chi connectivity index (χ1n) is 9.99. The molecule has 1 aromatic carbocycles. The SMILES string of the molecule is CCCc1nnc(NC(=O)C2CCCN(c3ccnc4ccc(OC)cc34)C2)s1. The number of fused-ring (bicyclic) bond motifs is 1. The molecule has 1 aliphatic heterocycles. The molecule has 1 amide bonds. The largest absolute Gasteiger partial charge is 0.497 e. The number of methoxy groups -OCH3 is 1. The minimum atomic E-state index is -0.0869. The summed E-state index contributed by atoms with van der Waals surface area (Å²) in [6.07, 6.45) is 5.57. The summed E-state index contributed by atoms with van der Waals surface area (Å²) in [6, 6.07) is 7.91. The van der Waals surface area contributed by atoms with Crippen LogP contribution in [0, 0.1) is 5.92 Å². The predicted octanol–water partition coefficient (Wildman–Crippen LogP) is 3.90. The summed E-state index contributed by atoms with van der Waals surface area (Å²) >= 11 is 1.46. The van der Waals surface area contributed by atoms with Gasteiger partial charge in [-0.1, -0.05) is 18.3 Å². The Morgan fingerprint density at radius 1 is 1.34 bits per heavy atom. The highest BCUT2D eigenvalue weighted by Gasteiger charge is 2.27. The second kappa shape index (κ2) is 8.73. The third-order valence-corrected chi connectivity index (χ3v) is 6.12. The Balaban J connectivity index is 1.50. The van der Waals surface area contributed by atoms with Gasteiger partial charge in [0.25, 0.3) is 0 Å². The van der Waals surface area contributed by atoms with Crippen LogP contribution in [0.1, 0.15) is 31.2 Å². The van der Waals surface area contributed by atoms with Crippen LogP contribution in [0.3, 0.4) is 0 Å². The molecule has 0 aliphatic carbocycles. The highest BCUT2D eigenvalue weighted by atomic mass is 32.1. The molecule has 0 bridgehead atoms. The average molecular weight is 412 g/mol. The van der Waals surface area contributed by atoms with E-state index in [2.05, 4.69) is 32.3 Å². The first-order valence-corrected chi connectivity index (χ1v) is 10.8. The standard InChI is InChI=1S/C21H25N5O2S/c1-3-5-19-24-25-21(29-19)23-20(27)14-6-4-11-26(13-14)18-9-10-22-17-8-7-15(28-2)12-16(17)18/h7-10,12,14H,3-6,11,13H2,1-2H3,(H,23,25,27). The van der Waals surface area contributed by atoms with Crippen molar-refractivity contribution in [3.8, 4) is 5.75 Å². The van der Waals surface area contributed by atoms with Gasteiger partial charge in [0.05, 0.1) is 18.5 Å². The smallest absolute Gasteiger partial charge is 0.231 e. The fraction of sp³-hybridized carbons (Fsp3) is 0.429. The van der Waals surface area contributed by atoms with Crippen LogP contribution >= 0.6 is 11.3 Å². The van der Waals surface area contributed by atoms with Crippen LogP contribution in [0.2, 0.25) is 0 Å².